The second-order valence-electron chi connectivity index (χ2n) is 9.47. The summed E-state index contributed by atoms with van der Waals surface area (Å²) in [7, 11) is 0. The molecule has 1 aliphatic carbocycles. The molecule has 3 heterocycles. The number of tetrazole rings is 1. The van der Waals surface area contributed by atoms with Gasteiger partial charge in [0.1, 0.15) is 16.3 Å². The smallest absolute Gasteiger partial charge is 0.383 e. The van der Waals surface area contributed by atoms with Gasteiger partial charge in [-0.1, -0.05) is 11.3 Å². The molecule has 3 aromatic heterocycles. The van der Waals surface area contributed by atoms with E-state index in [1.807, 2.05) is 19.9 Å². The Morgan fingerprint density at radius 1 is 1.11 bits per heavy atom. The molecule has 4 aromatic rings. The molecule has 3 N–H and O–H groups in total. The lowest BCUT2D eigenvalue weighted by Crippen LogP contribution is -2.34. The summed E-state index contributed by atoms with van der Waals surface area (Å²) in [5.74, 6) is 0.851. The highest BCUT2D eigenvalue weighted by molar-refractivity contribution is 7.15. The van der Waals surface area contributed by atoms with Crippen molar-refractivity contribution in [3.63, 3.8) is 0 Å². The minimum absolute atomic E-state index is 0.0439. The molecule has 5 rings (SSSR count). The molecule has 0 amide bonds. The van der Waals surface area contributed by atoms with E-state index in [2.05, 4.69) is 40.9 Å². The average molecular weight is 531 g/mol. The van der Waals surface area contributed by atoms with Crippen molar-refractivity contribution < 1.29 is 18.3 Å². The number of nitrogens with one attached hydrogen (secondary N) is 2. The third kappa shape index (κ3) is 5.47. The van der Waals surface area contributed by atoms with Gasteiger partial charge in [0.05, 0.1) is 4.88 Å². The Kier molecular flexibility index (Phi) is 6.67. The summed E-state index contributed by atoms with van der Waals surface area (Å²) in [6, 6.07) is 6.39. The van der Waals surface area contributed by atoms with Crippen LogP contribution in [0.2, 0.25) is 0 Å². The zero-order valence-electron chi connectivity index (χ0n) is 20.1. The Morgan fingerprint density at radius 3 is 2.59 bits per heavy atom. The number of aliphatic hydroxyl groups is 1. The van der Waals surface area contributed by atoms with Gasteiger partial charge in [-0.3, -0.25) is 0 Å². The van der Waals surface area contributed by atoms with Crippen LogP contribution in [0.1, 0.15) is 60.6 Å². The van der Waals surface area contributed by atoms with Crippen molar-refractivity contribution in [3.05, 3.63) is 58.7 Å². The lowest BCUT2D eigenvalue weighted by molar-refractivity contribution is -0.141. The maximum atomic E-state index is 13.0. The molecule has 0 aliphatic heterocycles. The second-order valence-corrected chi connectivity index (χ2v) is 10.5. The predicted octanol–water partition coefficient (Wildman–Crippen LogP) is 5.37. The van der Waals surface area contributed by atoms with Crippen LogP contribution in [0.25, 0.3) is 10.4 Å². The Labute approximate surface area is 214 Å². The maximum absolute atomic E-state index is 13.0. The lowest BCUT2D eigenvalue weighted by atomic mass is 9.74. The number of aryl methyl sites for hydroxylation is 1. The molecule has 9 nitrogen and oxygen atoms in total. The molecule has 0 unspecified atom stereocenters. The van der Waals surface area contributed by atoms with Gasteiger partial charge in [0.15, 0.2) is 5.82 Å². The quantitative estimate of drug-likeness (QED) is 0.304. The number of aromatic amines is 1. The van der Waals surface area contributed by atoms with Crippen LogP contribution in [0.5, 0.6) is 0 Å². The predicted molar refractivity (Wildman–Crippen MR) is 131 cm³/mol. The number of alkyl halides is 3. The van der Waals surface area contributed by atoms with Crippen molar-refractivity contribution in [2.24, 2.45) is 5.92 Å². The van der Waals surface area contributed by atoms with Crippen LogP contribution in [0, 0.1) is 12.8 Å². The summed E-state index contributed by atoms with van der Waals surface area (Å²) in [5, 5.41) is 29.3. The monoisotopic (exact) mass is 530 g/mol. The molecule has 1 atom stereocenters. The van der Waals surface area contributed by atoms with E-state index in [1.165, 1.54) is 11.3 Å². The number of halogens is 3. The van der Waals surface area contributed by atoms with Gasteiger partial charge in [0.2, 0.25) is 5.95 Å². The van der Waals surface area contributed by atoms with Gasteiger partial charge in [-0.15, -0.1) is 21.5 Å². The van der Waals surface area contributed by atoms with Gasteiger partial charge in [0, 0.05) is 24.0 Å². The van der Waals surface area contributed by atoms with Crippen LogP contribution < -0.4 is 5.32 Å². The number of hydrogen-bond acceptors (Lipinski definition) is 9. The Balaban J connectivity index is 1.32. The van der Waals surface area contributed by atoms with Crippen molar-refractivity contribution in [1.29, 1.82) is 0 Å². The molecular weight excluding hydrogens is 505 g/mol. The first-order valence-corrected chi connectivity index (χ1v) is 12.6. The van der Waals surface area contributed by atoms with Crippen LogP contribution in [-0.2, 0) is 11.8 Å². The number of nitrogens with zero attached hydrogens (tertiary/aromatic N) is 6. The highest BCUT2D eigenvalue weighted by Gasteiger charge is 2.39. The largest absolute Gasteiger partial charge is 0.433 e. The molecule has 1 saturated carbocycles. The first-order chi connectivity index (χ1) is 17.6. The zero-order valence-corrected chi connectivity index (χ0v) is 20.9. The van der Waals surface area contributed by atoms with Gasteiger partial charge >= 0.3 is 6.18 Å². The van der Waals surface area contributed by atoms with Gasteiger partial charge in [-0.05, 0) is 74.8 Å². The lowest BCUT2D eigenvalue weighted by Gasteiger charge is -2.36. The summed E-state index contributed by atoms with van der Waals surface area (Å²) < 4.78 is 39.1. The zero-order chi connectivity index (χ0) is 26.2. The minimum atomic E-state index is -4.56. The fraction of sp³-hybridized carbons (Fsp3) is 0.417. The maximum Gasteiger partial charge on any atom is 0.433 e. The van der Waals surface area contributed by atoms with Crippen molar-refractivity contribution in [1.82, 2.24) is 35.6 Å². The summed E-state index contributed by atoms with van der Waals surface area (Å²) >= 11 is 1.41. The van der Waals surface area contributed by atoms with E-state index in [1.54, 1.807) is 18.3 Å². The van der Waals surface area contributed by atoms with Crippen LogP contribution >= 0.6 is 11.3 Å². The van der Waals surface area contributed by atoms with E-state index in [-0.39, 0.29) is 17.8 Å². The number of benzene rings is 1. The molecule has 0 radical (unpaired) electrons. The van der Waals surface area contributed by atoms with Crippen molar-refractivity contribution in [3.8, 4) is 10.4 Å². The number of aromatic nitrogens is 7. The van der Waals surface area contributed by atoms with Crippen LogP contribution in [0.4, 0.5) is 24.8 Å². The minimum Gasteiger partial charge on any atom is -0.383 e. The molecule has 1 aromatic carbocycles. The van der Waals surface area contributed by atoms with Gasteiger partial charge in [-0.2, -0.15) is 18.4 Å². The van der Waals surface area contributed by atoms with Gasteiger partial charge in [-0.25, -0.2) is 15.0 Å². The highest BCUT2D eigenvalue weighted by atomic mass is 32.1. The van der Waals surface area contributed by atoms with Crippen molar-refractivity contribution >= 4 is 23.0 Å². The van der Waals surface area contributed by atoms with Crippen LogP contribution in [0.3, 0.4) is 0 Å². The first-order valence-electron chi connectivity index (χ1n) is 11.8. The Morgan fingerprint density at radius 2 is 1.89 bits per heavy atom. The summed E-state index contributed by atoms with van der Waals surface area (Å²) in [6.45, 7) is 3.70. The van der Waals surface area contributed by atoms with E-state index in [0.717, 1.165) is 54.0 Å². The number of H-pyrrole nitrogens is 1. The van der Waals surface area contributed by atoms with Gasteiger partial charge < -0.3 is 10.4 Å². The average Bonchev–Trinajstić information content (AvgIpc) is 3.57. The third-order valence-electron chi connectivity index (χ3n) is 6.75. The van der Waals surface area contributed by atoms with Crippen molar-refractivity contribution in [2.45, 2.75) is 57.2 Å². The third-order valence-corrected chi connectivity index (χ3v) is 8.02. The number of thiazole rings is 1. The molecule has 0 saturated heterocycles. The summed E-state index contributed by atoms with van der Waals surface area (Å²) in [4.78, 5) is 12.9. The fourth-order valence-corrected chi connectivity index (χ4v) is 5.80. The highest BCUT2D eigenvalue weighted by Crippen LogP contribution is 2.45. The number of anilines is 2. The fourth-order valence-electron chi connectivity index (χ4n) is 4.78. The molecule has 13 heteroatoms. The van der Waals surface area contributed by atoms with E-state index in [4.69, 9.17) is 0 Å². The molecule has 1 aliphatic rings. The van der Waals surface area contributed by atoms with E-state index >= 15 is 0 Å². The Bertz CT molecular complexity index is 1360. The van der Waals surface area contributed by atoms with E-state index in [9.17, 15) is 18.3 Å². The summed E-state index contributed by atoms with van der Waals surface area (Å²) in [5.41, 5.74) is 0.166. The topological polar surface area (TPSA) is 125 Å². The molecule has 1 fully saturated rings. The number of rotatable bonds is 6. The Hall–Kier alpha value is -3.45. The van der Waals surface area contributed by atoms with E-state index in [0.29, 0.717) is 16.5 Å². The van der Waals surface area contributed by atoms with Gasteiger partial charge in [0.25, 0.3) is 0 Å². The molecule has 0 bridgehead atoms. The number of hydrogen-bond donors (Lipinski definition) is 3. The van der Waals surface area contributed by atoms with E-state index < -0.39 is 17.5 Å². The standard InChI is InChI=1S/C24H25F3N8OS/c1-13-9-15(11-17(10-13)30-22-28-8-7-19(31-22)24(25,26)27)18-12-29-21(37-18)23(2,36)16-5-3-14(4-6-16)20-32-34-35-33-20/h7-12,14,16,36H,3-6H2,1-2H3,(H,28,30,31)(H,32,33,34,35)/t14-,16-,23-/m1/s1. The second kappa shape index (κ2) is 9.78. The summed E-state index contributed by atoms with van der Waals surface area (Å²) in [6.07, 6.45) is 1.60. The molecule has 194 valence electrons. The molecule has 0 spiro atoms. The first kappa shape index (κ1) is 25.2. The molecular formula is C24H25F3N8OS. The SMILES string of the molecule is Cc1cc(Nc2nccc(C(F)(F)F)n2)cc(-c2cnc([C@](C)(O)[C@H]3CC[C@H](c4nn[nH]n4)CC3)s2)c1. The van der Waals surface area contributed by atoms with Crippen LogP contribution in [0.15, 0.2) is 36.7 Å². The van der Waals surface area contributed by atoms with Crippen LogP contribution in [-0.4, -0.2) is 40.7 Å². The van der Waals surface area contributed by atoms with Crippen molar-refractivity contribution in [2.75, 3.05) is 5.32 Å². The normalized spacial score (nSPS) is 19.9. The molecule has 37 heavy (non-hydrogen) atoms.